The molecule has 116 valence electrons. The lowest BCUT2D eigenvalue weighted by atomic mass is 9.77. The van der Waals surface area contributed by atoms with Crippen LogP contribution in [0.3, 0.4) is 0 Å². The summed E-state index contributed by atoms with van der Waals surface area (Å²) in [4.78, 5) is 11.6. The van der Waals surface area contributed by atoms with Crippen molar-refractivity contribution in [1.82, 2.24) is 0 Å². The molecule has 4 rings (SSSR count). The first-order chi connectivity index (χ1) is 10.0. The third-order valence-corrected chi connectivity index (χ3v) is 6.10. The van der Waals surface area contributed by atoms with Crippen molar-refractivity contribution in [2.24, 2.45) is 39.4 Å². The molecule has 1 spiro atoms. The molecule has 0 aromatic heterocycles. The van der Waals surface area contributed by atoms with Crippen LogP contribution in [-0.4, -0.2) is 23.6 Å². The Balaban J connectivity index is 1.63. The van der Waals surface area contributed by atoms with Crippen LogP contribution in [0, 0.1) is 29.1 Å². The number of nitrogens with zero attached hydrogens (tertiary/aromatic N) is 2. The lowest BCUT2D eigenvalue weighted by Crippen LogP contribution is -2.36. The molecule has 5 atom stereocenters. The van der Waals surface area contributed by atoms with Crippen LogP contribution in [-0.2, 0) is 9.68 Å². The van der Waals surface area contributed by atoms with Crippen molar-refractivity contribution in [2.45, 2.75) is 65.6 Å². The van der Waals surface area contributed by atoms with Gasteiger partial charge in [0.25, 0.3) is 0 Å². The van der Waals surface area contributed by atoms with E-state index in [1.54, 1.807) is 0 Å². The average molecular weight is 290 g/mol. The van der Waals surface area contributed by atoms with Crippen molar-refractivity contribution in [3.63, 3.8) is 0 Å². The van der Waals surface area contributed by atoms with Crippen LogP contribution in [0.5, 0.6) is 0 Å². The molecule has 0 radical (unpaired) electrons. The van der Waals surface area contributed by atoms with Crippen LogP contribution in [0.15, 0.2) is 10.3 Å². The predicted molar refractivity (Wildman–Crippen MR) is 82.2 cm³/mol. The van der Waals surface area contributed by atoms with Gasteiger partial charge in [0.15, 0.2) is 0 Å². The van der Waals surface area contributed by atoms with Gasteiger partial charge in [-0.25, -0.2) is 0 Å². The molecule has 2 saturated carbocycles. The SMILES string of the molecule is CC(C)[C@H]1ON=C2[C@H]1CCC21CC[C@H]2C1=NO[C@H]2C(C)C. The summed E-state index contributed by atoms with van der Waals surface area (Å²) in [6, 6.07) is 0. The number of hydrogen-bond donors (Lipinski definition) is 0. The summed E-state index contributed by atoms with van der Waals surface area (Å²) in [7, 11) is 0. The summed E-state index contributed by atoms with van der Waals surface area (Å²) in [5.41, 5.74) is 2.65. The minimum atomic E-state index is 0.0720. The van der Waals surface area contributed by atoms with E-state index in [-0.39, 0.29) is 17.6 Å². The maximum absolute atomic E-state index is 5.78. The standard InChI is InChI=1S/C17H26N2O2/c1-9(2)13-11-5-7-17(15(11)18-20-13)8-6-12-14(10(3)4)21-19-16(12)17/h9-14H,5-8H2,1-4H3/t11-,12+,13+,14-,17?. The van der Waals surface area contributed by atoms with E-state index in [2.05, 4.69) is 38.0 Å². The Morgan fingerprint density at radius 3 is 1.67 bits per heavy atom. The van der Waals surface area contributed by atoms with E-state index in [1.165, 1.54) is 37.1 Å². The zero-order chi connectivity index (χ0) is 14.8. The lowest BCUT2D eigenvalue weighted by Gasteiger charge is -2.23. The van der Waals surface area contributed by atoms with Gasteiger partial charge < -0.3 is 9.68 Å². The number of oxime groups is 2. The Morgan fingerprint density at radius 1 is 0.857 bits per heavy atom. The molecule has 4 nitrogen and oxygen atoms in total. The van der Waals surface area contributed by atoms with Gasteiger partial charge in [0, 0.05) is 11.8 Å². The van der Waals surface area contributed by atoms with E-state index >= 15 is 0 Å². The molecule has 0 bridgehead atoms. The van der Waals surface area contributed by atoms with Gasteiger partial charge in [0.2, 0.25) is 0 Å². The Bertz CT molecular complexity index is 463. The van der Waals surface area contributed by atoms with Gasteiger partial charge in [-0.15, -0.1) is 0 Å². The highest BCUT2D eigenvalue weighted by Gasteiger charge is 2.62. The van der Waals surface area contributed by atoms with E-state index in [0.29, 0.717) is 23.7 Å². The highest BCUT2D eigenvalue weighted by Crippen LogP contribution is 2.57. The third-order valence-electron chi connectivity index (χ3n) is 6.10. The van der Waals surface area contributed by atoms with E-state index < -0.39 is 0 Å². The molecule has 0 saturated heterocycles. The predicted octanol–water partition coefficient (Wildman–Crippen LogP) is 3.61. The fourth-order valence-electron chi connectivity index (χ4n) is 5.06. The van der Waals surface area contributed by atoms with Crippen molar-refractivity contribution in [1.29, 1.82) is 0 Å². The Morgan fingerprint density at radius 2 is 1.29 bits per heavy atom. The molecule has 2 fully saturated rings. The molecule has 0 aromatic rings. The summed E-state index contributed by atoms with van der Waals surface area (Å²) in [5, 5.41) is 9.09. The van der Waals surface area contributed by atoms with Crippen LogP contribution >= 0.6 is 0 Å². The molecule has 1 unspecified atom stereocenters. The summed E-state index contributed by atoms with van der Waals surface area (Å²) in [6.07, 6.45) is 5.29. The molecular formula is C17H26N2O2. The van der Waals surface area contributed by atoms with Crippen molar-refractivity contribution < 1.29 is 9.68 Å². The molecule has 2 aliphatic carbocycles. The first-order valence-electron chi connectivity index (χ1n) is 8.53. The van der Waals surface area contributed by atoms with Crippen LogP contribution in [0.4, 0.5) is 0 Å². The van der Waals surface area contributed by atoms with Crippen molar-refractivity contribution >= 4 is 11.4 Å². The fourth-order valence-corrected chi connectivity index (χ4v) is 5.06. The number of fused-ring (bicyclic) bond motifs is 4. The van der Waals surface area contributed by atoms with E-state index in [9.17, 15) is 0 Å². The van der Waals surface area contributed by atoms with Crippen molar-refractivity contribution in [3.8, 4) is 0 Å². The molecule has 0 N–H and O–H groups in total. The van der Waals surface area contributed by atoms with Gasteiger partial charge >= 0.3 is 0 Å². The zero-order valence-corrected chi connectivity index (χ0v) is 13.5. The van der Waals surface area contributed by atoms with Gasteiger partial charge in [0.1, 0.15) is 12.2 Å². The molecule has 0 amide bonds. The Kier molecular flexibility index (Phi) is 2.89. The summed E-state index contributed by atoms with van der Waals surface area (Å²) >= 11 is 0. The second kappa shape index (κ2) is 4.47. The molecule has 4 heteroatoms. The molecule has 0 aromatic carbocycles. The third kappa shape index (κ3) is 1.68. The minimum Gasteiger partial charge on any atom is -0.392 e. The summed E-state index contributed by atoms with van der Waals surface area (Å²) < 4.78 is 0. The van der Waals surface area contributed by atoms with Crippen molar-refractivity contribution in [3.05, 3.63) is 0 Å². The van der Waals surface area contributed by atoms with Gasteiger partial charge in [0.05, 0.1) is 16.8 Å². The zero-order valence-electron chi connectivity index (χ0n) is 13.5. The lowest BCUT2D eigenvalue weighted by molar-refractivity contribution is 0.0244. The first-order valence-corrected chi connectivity index (χ1v) is 8.53. The quantitative estimate of drug-likeness (QED) is 0.779. The van der Waals surface area contributed by atoms with Gasteiger partial charge in [-0.05, 0) is 37.5 Å². The molecule has 21 heavy (non-hydrogen) atoms. The second-order valence-electron chi connectivity index (χ2n) is 7.95. The van der Waals surface area contributed by atoms with Crippen LogP contribution < -0.4 is 0 Å². The first kappa shape index (κ1) is 13.6. The summed E-state index contributed by atoms with van der Waals surface area (Å²) in [5.74, 6) is 2.05. The average Bonchev–Trinajstić information content (AvgIpc) is 3.14. The maximum Gasteiger partial charge on any atom is 0.138 e. The smallest absolute Gasteiger partial charge is 0.138 e. The highest BCUT2D eigenvalue weighted by atomic mass is 16.6. The van der Waals surface area contributed by atoms with E-state index in [0.717, 1.165) is 0 Å². The second-order valence-corrected chi connectivity index (χ2v) is 7.95. The molecule has 2 heterocycles. The van der Waals surface area contributed by atoms with E-state index in [1.807, 2.05) is 0 Å². The van der Waals surface area contributed by atoms with Crippen LogP contribution in [0.2, 0.25) is 0 Å². The molecule has 4 aliphatic rings. The molecule has 2 aliphatic heterocycles. The topological polar surface area (TPSA) is 43.2 Å². The van der Waals surface area contributed by atoms with Crippen molar-refractivity contribution in [2.75, 3.05) is 0 Å². The van der Waals surface area contributed by atoms with Gasteiger partial charge in [-0.2, -0.15) is 0 Å². The monoisotopic (exact) mass is 290 g/mol. The Labute approximate surface area is 126 Å². The minimum absolute atomic E-state index is 0.0720. The number of hydrogen-bond acceptors (Lipinski definition) is 4. The van der Waals surface area contributed by atoms with Crippen LogP contribution in [0.25, 0.3) is 0 Å². The number of rotatable bonds is 2. The molecular weight excluding hydrogens is 264 g/mol. The fraction of sp³-hybridized carbons (Fsp3) is 0.882. The normalized spacial score (nSPS) is 43.9. The Hall–Kier alpha value is -1.06. The summed E-state index contributed by atoms with van der Waals surface area (Å²) in [6.45, 7) is 8.93. The maximum atomic E-state index is 5.78. The van der Waals surface area contributed by atoms with Gasteiger partial charge in [-0.3, -0.25) is 0 Å². The van der Waals surface area contributed by atoms with Crippen LogP contribution in [0.1, 0.15) is 53.4 Å². The van der Waals surface area contributed by atoms with E-state index in [4.69, 9.17) is 9.68 Å². The largest absolute Gasteiger partial charge is 0.392 e. The highest BCUT2D eigenvalue weighted by molar-refractivity contribution is 6.16. The van der Waals surface area contributed by atoms with Gasteiger partial charge in [-0.1, -0.05) is 38.0 Å².